The lowest BCUT2D eigenvalue weighted by atomic mass is 9.91. The Bertz CT molecular complexity index is 1050. The number of amides is 1. The number of fused-ring (bicyclic) bond motifs is 1. The smallest absolute Gasteiger partial charge is 0.229 e. The lowest BCUT2D eigenvalue weighted by molar-refractivity contribution is -0.134. The lowest BCUT2D eigenvalue weighted by Gasteiger charge is -2.43. The van der Waals surface area contributed by atoms with Gasteiger partial charge in [0.15, 0.2) is 11.5 Å². The van der Waals surface area contributed by atoms with E-state index in [1.807, 2.05) is 37.1 Å². The number of rotatable bonds is 6. The van der Waals surface area contributed by atoms with E-state index in [-0.39, 0.29) is 17.9 Å². The molecule has 2 saturated carbocycles. The average Bonchev–Trinajstić information content (AvgIpc) is 3.47. The number of aromatic nitrogens is 2. The van der Waals surface area contributed by atoms with E-state index < -0.39 is 0 Å². The molecular formula is C32H49N5O3. The first-order chi connectivity index (χ1) is 19.7. The Kier molecular flexibility index (Phi) is 10.00. The van der Waals surface area contributed by atoms with Crippen LogP contribution >= 0.6 is 0 Å². The number of hydrogen-bond acceptors (Lipinski definition) is 7. The van der Waals surface area contributed by atoms with E-state index in [9.17, 15) is 4.79 Å². The van der Waals surface area contributed by atoms with Crippen molar-refractivity contribution in [2.75, 3.05) is 51.3 Å². The van der Waals surface area contributed by atoms with Crippen LogP contribution in [0.2, 0.25) is 0 Å². The number of aryl methyl sites for hydroxylation is 1. The van der Waals surface area contributed by atoms with Crippen molar-refractivity contribution < 1.29 is 14.3 Å². The molecule has 2 aliphatic heterocycles. The predicted molar refractivity (Wildman–Crippen MR) is 158 cm³/mol. The number of methoxy groups -OCH3 is 1. The summed E-state index contributed by atoms with van der Waals surface area (Å²) in [6.07, 6.45) is 18.3. The standard InChI is InChI=1S/C30H43N5O3.C2H6/c1-37-27-12-11-22(20-28(27)38-25-8-2-3-9-25)29(36)34-14-5-10-26-23(13-15-34)21-31-30(32-26)35-18-16-33(17-19-35)24-6-4-7-24;1-2/h12,20-22,24-25H,2-11,13-19H2,1H3;1-2H3. The summed E-state index contributed by atoms with van der Waals surface area (Å²) in [4.78, 5) is 30.4. The van der Waals surface area contributed by atoms with Crippen molar-refractivity contribution in [2.45, 2.75) is 96.6 Å². The molecule has 0 radical (unpaired) electrons. The highest BCUT2D eigenvalue weighted by Crippen LogP contribution is 2.31. The van der Waals surface area contributed by atoms with Gasteiger partial charge in [-0.25, -0.2) is 9.97 Å². The van der Waals surface area contributed by atoms with Gasteiger partial charge in [0.1, 0.15) is 0 Å². The Morgan fingerprint density at radius 3 is 2.38 bits per heavy atom. The highest BCUT2D eigenvalue weighted by atomic mass is 16.5. The summed E-state index contributed by atoms with van der Waals surface area (Å²) in [7, 11) is 1.68. The van der Waals surface area contributed by atoms with Crippen molar-refractivity contribution >= 4 is 11.9 Å². The summed E-state index contributed by atoms with van der Waals surface area (Å²) in [5.41, 5.74) is 2.35. The number of hydrogen-bond donors (Lipinski definition) is 0. The molecule has 220 valence electrons. The van der Waals surface area contributed by atoms with Gasteiger partial charge in [-0.15, -0.1) is 0 Å². The van der Waals surface area contributed by atoms with Crippen molar-refractivity contribution in [3.8, 4) is 0 Å². The minimum atomic E-state index is -0.193. The minimum absolute atomic E-state index is 0.189. The average molecular weight is 552 g/mol. The van der Waals surface area contributed by atoms with Gasteiger partial charge in [-0.3, -0.25) is 9.69 Å². The Morgan fingerprint density at radius 2 is 1.68 bits per heavy atom. The molecule has 1 unspecified atom stereocenters. The zero-order chi connectivity index (χ0) is 27.9. The van der Waals surface area contributed by atoms with Gasteiger partial charge in [0.2, 0.25) is 11.9 Å². The van der Waals surface area contributed by atoms with E-state index in [1.54, 1.807) is 7.11 Å². The molecule has 1 atom stereocenters. The summed E-state index contributed by atoms with van der Waals surface area (Å²) in [5.74, 6) is 2.39. The number of nitrogens with zero attached hydrogens (tertiary/aromatic N) is 5. The molecule has 0 spiro atoms. The topological polar surface area (TPSA) is 71.0 Å². The Hall–Kier alpha value is -2.61. The second kappa shape index (κ2) is 13.8. The number of carbonyl (C=O) groups is 1. The second-order valence-corrected chi connectivity index (χ2v) is 11.6. The second-order valence-electron chi connectivity index (χ2n) is 11.6. The van der Waals surface area contributed by atoms with Gasteiger partial charge in [0.05, 0.1) is 19.1 Å². The Balaban J connectivity index is 0.00000158. The first-order valence-electron chi connectivity index (χ1n) is 15.9. The quantitative estimate of drug-likeness (QED) is 0.499. The van der Waals surface area contributed by atoms with E-state index in [0.29, 0.717) is 13.0 Å². The van der Waals surface area contributed by atoms with Gasteiger partial charge >= 0.3 is 0 Å². The van der Waals surface area contributed by atoms with Gasteiger partial charge in [0, 0.05) is 57.2 Å². The molecule has 8 heteroatoms. The van der Waals surface area contributed by atoms with Crippen LogP contribution in [0.1, 0.15) is 82.9 Å². The molecule has 5 aliphatic rings. The first-order valence-corrected chi connectivity index (χ1v) is 15.9. The highest BCUT2D eigenvalue weighted by molar-refractivity contribution is 5.81. The van der Waals surface area contributed by atoms with Gasteiger partial charge < -0.3 is 19.3 Å². The lowest BCUT2D eigenvalue weighted by Crippen LogP contribution is -2.52. The molecule has 3 fully saturated rings. The molecule has 3 aliphatic carbocycles. The van der Waals surface area contributed by atoms with Crippen molar-refractivity contribution in [1.29, 1.82) is 0 Å². The summed E-state index contributed by atoms with van der Waals surface area (Å²) >= 11 is 0. The van der Waals surface area contributed by atoms with E-state index >= 15 is 0 Å². The van der Waals surface area contributed by atoms with E-state index in [2.05, 4.69) is 9.80 Å². The van der Waals surface area contributed by atoms with E-state index in [0.717, 1.165) is 88.3 Å². The summed E-state index contributed by atoms with van der Waals surface area (Å²) < 4.78 is 11.8. The van der Waals surface area contributed by atoms with Crippen LogP contribution in [-0.2, 0) is 27.1 Å². The molecule has 3 heterocycles. The number of carbonyl (C=O) groups excluding carboxylic acids is 1. The van der Waals surface area contributed by atoms with Gasteiger partial charge in [-0.1, -0.05) is 20.3 Å². The highest BCUT2D eigenvalue weighted by Gasteiger charge is 2.31. The molecule has 1 aromatic rings. The number of allylic oxidation sites excluding steroid dienone is 1. The fourth-order valence-electron chi connectivity index (χ4n) is 6.61. The molecule has 1 aromatic heterocycles. The Labute approximate surface area is 240 Å². The van der Waals surface area contributed by atoms with Crippen LogP contribution in [0.25, 0.3) is 0 Å². The van der Waals surface area contributed by atoms with Crippen LogP contribution < -0.4 is 4.90 Å². The Morgan fingerprint density at radius 1 is 0.900 bits per heavy atom. The monoisotopic (exact) mass is 551 g/mol. The maximum Gasteiger partial charge on any atom is 0.229 e. The fourth-order valence-corrected chi connectivity index (χ4v) is 6.61. The number of piperazine rings is 1. The summed E-state index contributed by atoms with van der Waals surface area (Å²) in [5, 5.41) is 0. The molecule has 8 nitrogen and oxygen atoms in total. The molecule has 1 saturated heterocycles. The third-order valence-electron chi connectivity index (χ3n) is 9.22. The normalized spacial score (nSPS) is 24.4. The zero-order valence-corrected chi connectivity index (χ0v) is 24.9. The molecule has 0 aromatic carbocycles. The van der Waals surface area contributed by atoms with Crippen molar-refractivity contribution in [1.82, 2.24) is 19.8 Å². The van der Waals surface area contributed by atoms with Crippen LogP contribution in [0.3, 0.4) is 0 Å². The fraction of sp³-hybridized carbons (Fsp3) is 0.719. The number of anilines is 1. The third-order valence-corrected chi connectivity index (χ3v) is 9.22. The molecule has 0 bridgehead atoms. The van der Waals surface area contributed by atoms with Gasteiger partial charge in [0.25, 0.3) is 0 Å². The van der Waals surface area contributed by atoms with Crippen molar-refractivity contribution in [3.05, 3.63) is 41.1 Å². The molecular weight excluding hydrogens is 502 g/mol. The van der Waals surface area contributed by atoms with Gasteiger partial charge in [-0.05, 0) is 81.9 Å². The maximum absolute atomic E-state index is 13.6. The molecule has 6 rings (SSSR count). The van der Waals surface area contributed by atoms with Crippen LogP contribution in [0, 0.1) is 5.92 Å². The summed E-state index contributed by atoms with van der Waals surface area (Å²) in [6, 6.07) is 0.813. The SMILES string of the molecule is CC.COC1=CCC(C(=O)N2CCCc3nc(N4CCN(C5CCC5)CC4)ncc3CC2)C=C1OC1CCCC1. The zero-order valence-electron chi connectivity index (χ0n) is 24.9. The number of ether oxygens (including phenoxy) is 2. The predicted octanol–water partition coefficient (Wildman–Crippen LogP) is 4.89. The van der Waals surface area contributed by atoms with Crippen LogP contribution in [0.4, 0.5) is 5.95 Å². The summed E-state index contributed by atoms with van der Waals surface area (Å²) in [6.45, 7) is 9.73. The molecule has 40 heavy (non-hydrogen) atoms. The largest absolute Gasteiger partial charge is 0.493 e. The minimum Gasteiger partial charge on any atom is -0.493 e. The third kappa shape index (κ3) is 6.64. The van der Waals surface area contributed by atoms with E-state index in [1.165, 1.54) is 43.4 Å². The van der Waals surface area contributed by atoms with Crippen molar-refractivity contribution in [2.24, 2.45) is 5.92 Å². The maximum atomic E-state index is 13.6. The molecule has 1 amide bonds. The van der Waals surface area contributed by atoms with Gasteiger partial charge in [-0.2, -0.15) is 0 Å². The van der Waals surface area contributed by atoms with Crippen LogP contribution in [0.5, 0.6) is 0 Å². The van der Waals surface area contributed by atoms with Crippen molar-refractivity contribution in [3.63, 3.8) is 0 Å². The van der Waals surface area contributed by atoms with Crippen LogP contribution in [0.15, 0.2) is 29.9 Å². The van der Waals surface area contributed by atoms with Crippen LogP contribution in [-0.4, -0.2) is 84.2 Å². The van der Waals surface area contributed by atoms with E-state index in [4.69, 9.17) is 19.4 Å². The molecule has 0 N–H and O–H groups in total. The first kappa shape index (κ1) is 28.9.